The Labute approximate surface area is 95.5 Å². The number of fused-ring (bicyclic) bond motifs is 1. The van der Waals surface area contributed by atoms with Gasteiger partial charge in [-0.2, -0.15) is 0 Å². The Morgan fingerprint density at radius 3 is 3.25 bits per heavy atom. The van der Waals surface area contributed by atoms with Gasteiger partial charge < -0.3 is 9.72 Å². The first kappa shape index (κ1) is 9.85. The van der Waals surface area contributed by atoms with Crippen molar-refractivity contribution in [2.75, 3.05) is 6.54 Å². The normalized spacial score (nSPS) is 21.4. The highest BCUT2D eigenvalue weighted by atomic mass is 15.0. The number of hydrogen-bond donors (Lipinski definition) is 1. The van der Waals surface area contributed by atoms with Gasteiger partial charge in [0, 0.05) is 18.7 Å². The third-order valence-corrected chi connectivity index (χ3v) is 3.36. The summed E-state index contributed by atoms with van der Waals surface area (Å²) in [6.45, 7) is 1.16. The van der Waals surface area contributed by atoms with E-state index in [2.05, 4.69) is 39.1 Å². The summed E-state index contributed by atoms with van der Waals surface area (Å²) >= 11 is 0. The maximum atomic E-state index is 4.51. The number of imidazole rings is 1. The number of rotatable bonds is 2. The van der Waals surface area contributed by atoms with Crippen LogP contribution in [0.2, 0.25) is 0 Å². The zero-order valence-corrected chi connectivity index (χ0v) is 9.39. The number of pyridine rings is 1. The van der Waals surface area contributed by atoms with E-state index < -0.39 is 0 Å². The molecule has 16 heavy (non-hydrogen) atoms. The van der Waals surface area contributed by atoms with E-state index in [1.807, 2.05) is 6.20 Å². The summed E-state index contributed by atoms with van der Waals surface area (Å²) in [5.41, 5.74) is 1.19. The number of aromatic nitrogens is 2. The van der Waals surface area contributed by atoms with Gasteiger partial charge in [0.2, 0.25) is 0 Å². The highest BCUT2D eigenvalue weighted by Gasteiger charge is 2.15. The number of piperidine rings is 1. The van der Waals surface area contributed by atoms with Crippen LogP contribution in [0.3, 0.4) is 0 Å². The van der Waals surface area contributed by atoms with E-state index in [1.165, 1.54) is 30.6 Å². The first-order valence-electron chi connectivity index (χ1n) is 6.08. The Kier molecular flexibility index (Phi) is 2.62. The highest BCUT2D eigenvalue weighted by molar-refractivity contribution is 5.45. The van der Waals surface area contributed by atoms with Gasteiger partial charge in [0.25, 0.3) is 0 Å². The second kappa shape index (κ2) is 4.26. The minimum Gasteiger partial charge on any atom is -0.314 e. The number of nitrogens with one attached hydrogen (secondary N) is 1. The van der Waals surface area contributed by atoms with Gasteiger partial charge in [-0.05, 0) is 31.5 Å². The van der Waals surface area contributed by atoms with Crippen LogP contribution >= 0.6 is 0 Å². The Hall–Kier alpha value is -1.35. The SMILES string of the molecule is c1ccn2c(CC3CCCCN3)ncc2c1. The summed E-state index contributed by atoms with van der Waals surface area (Å²) in [6.07, 6.45) is 9.04. The lowest BCUT2D eigenvalue weighted by molar-refractivity contribution is 0.394. The average molecular weight is 215 g/mol. The van der Waals surface area contributed by atoms with E-state index in [9.17, 15) is 0 Å². The second-order valence-corrected chi connectivity index (χ2v) is 4.52. The van der Waals surface area contributed by atoms with Crippen LogP contribution in [-0.4, -0.2) is 22.0 Å². The van der Waals surface area contributed by atoms with Crippen LogP contribution < -0.4 is 5.32 Å². The van der Waals surface area contributed by atoms with E-state index in [0.717, 1.165) is 13.0 Å². The van der Waals surface area contributed by atoms with Crippen molar-refractivity contribution in [1.29, 1.82) is 0 Å². The molecule has 1 fully saturated rings. The first-order valence-corrected chi connectivity index (χ1v) is 6.08. The monoisotopic (exact) mass is 215 g/mol. The molecule has 0 bridgehead atoms. The van der Waals surface area contributed by atoms with E-state index in [0.29, 0.717) is 6.04 Å². The molecule has 1 aliphatic rings. The predicted molar refractivity (Wildman–Crippen MR) is 64.5 cm³/mol. The molecule has 3 rings (SSSR count). The lowest BCUT2D eigenvalue weighted by atomic mass is 10.0. The fraction of sp³-hybridized carbons (Fsp3) is 0.462. The van der Waals surface area contributed by atoms with E-state index in [4.69, 9.17) is 0 Å². The fourth-order valence-corrected chi connectivity index (χ4v) is 2.47. The summed E-state index contributed by atoms with van der Waals surface area (Å²) in [6, 6.07) is 6.83. The maximum absolute atomic E-state index is 4.51. The van der Waals surface area contributed by atoms with Crippen molar-refractivity contribution in [3.63, 3.8) is 0 Å². The van der Waals surface area contributed by atoms with E-state index >= 15 is 0 Å². The van der Waals surface area contributed by atoms with Crippen molar-refractivity contribution in [2.45, 2.75) is 31.7 Å². The lowest BCUT2D eigenvalue weighted by Crippen LogP contribution is -2.36. The molecule has 1 unspecified atom stereocenters. The van der Waals surface area contributed by atoms with Gasteiger partial charge in [-0.15, -0.1) is 0 Å². The molecule has 3 heteroatoms. The smallest absolute Gasteiger partial charge is 0.114 e. The van der Waals surface area contributed by atoms with Crippen LogP contribution in [0.5, 0.6) is 0 Å². The molecule has 2 aromatic heterocycles. The molecule has 1 saturated heterocycles. The standard InChI is InChI=1S/C13H17N3/c1-3-7-14-11(5-1)9-13-15-10-12-6-2-4-8-16(12)13/h2,4,6,8,10-11,14H,1,3,5,7,9H2. The Morgan fingerprint density at radius 2 is 2.38 bits per heavy atom. The van der Waals surface area contributed by atoms with Crippen LogP contribution in [0.1, 0.15) is 25.1 Å². The molecular weight excluding hydrogens is 198 g/mol. The first-order chi connectivity index (χ1) is 7.93. The van der Waals surface area contributed by atoms with Crippen molar-refractivity contribution in [3.05, 3.63) is 36.4 Å². The molecule has 0 radical (unpaired) electrons. The summed E-state index contributed by atoms with van der Waals surface area (Å²) < 4.78 is 2.19. The molecule has 0 saturated carbocycles. The molecular formula is C13H17N3. The van der Waals surface area contributed by atoms with Crippen molar-refractivity contribution in [2.24, 2.45) is 0 Å². The van der Waals surface area contributed by atoms with Gasteiger partial charge in [0.05, 0.1) is 11.7 Å². The molecule has 1 atom stereocenters. The van der Waals surface area contributed by atoms with Crippen LogP contribution in [0.4, 0.5) is 0 Å². The molecule has 0 amide bonds. The van der Waals surface area contributed by atoms with Gasteiger partial charge in [0.15, 0.2) is 0 Å². The average Bonchev–Trinajstić information content (AvgIpc) is 2.74. The minimum absolute atomic E-state index is 0.611. The van der Waals surface area contributed by atoms with Crippen molar-refractivity contribution >= 4 is 5.52 Å². The topological polar surface area (TPSA) is 29.3 Å². The Bertz CT molecular complexity index is 469. The Morgan fingerprint density at radius 1 is 1.38 bits per heavy atom. The van der Waals surface area contributed by atoms with Gasteiger partial charge >= 0.3 is 0 Å². The van der Waals surface area contributed by atoms with Gasteiger partial charge in [-0.3, -0.25) is 0 Å². The molecule has 0 aromatic carbocycles. The molecule has 84 valence electrons. The third kappa shape index (κ3) is 1.83. The largest absolute Gasteiger partial charge is 0.314 e. The maximum Gasteiger partial charge on any atom is 0.114 e. The van der Waals surface area contributed by atoms with Gasteiger partial charge in [0.1, 0.15) is 5.82 Å². The molecule has 3 heterocycles. The predicted octanol–water partition coefficient (Wildman–Crippen LogP) is 2.02. The van der Waals surface area contributed by atoms with Crippen molar-refractivity contribution < 1.29 is 0 Å². The molecule has 1 aliphatic heterocycles. The fourth-order valence-electron chi connectivity index (χ4n) is 2.47. The third-order valence-electron chi connectivity index (χ3n) is 3.36. The summed E-state index contributed by atoms with van der Waals surface area (Å²) in [4.78, 5) is 4.51. The minimum atomic E-state index is 0.611. The zero-order valence-electron chi connectivity index (χ0n) is 9.39. The molecule has 1 N–H and O–H groups in total. The van der Waals surface area contributed by atoms with E-state index in [-0.39, 0.29) is 0 Å². The molecule has 2 aromatic rings. The van der Waals surface area contributed by atoms with Crippen LogP contribution in [0, 0.1) is 0 Å². The summed E-state index contributed by atoms with van der Waals surface area (Å²) in [5, 5.41) is 3.57. The van der Waals surface area contributed by atoms with Gasteiger partial charge in [-0.25, -0.2) is 4.98 Å². The van der Waals surface area contributed by atoms with Gasteiger partial charge in [-0.1, -0.05) is 12.5 Å². The molecule has 0 spiro atoms. The molecule has 3 nitrogen and oxygen atoms in total. The van der Waals surface area contributed by atoms with Crippen molar-refractivity contribution in [1.82, 2.24) is 14.7 Å². The second-order valence-electron chi connectivity index (χ2n) is 4.52. The van der Waals surface area contributed by atoms with Crippen LogP contribution in [0.15, 0.2) is 30.6 Å². The quantitative estimate of drug-likeness (QED) is 0.830. The van der Waals surface area contributed by atoms with Crippen LogP contribution in [-0.2, 0) is 6.42 Å². The van der Waals surface area contributed by atoms with E-state index in [1.54, 1.807) is 0 Å². The van der Waals surface area contributed by atoms with Crippen LogP contribution in [0.25, 0.3) is 5.52 Å². The number of hydrogen-bond acceptors (Lipinski definition) is 2. The summed E-state index contributed by atoms with van der Waals surface area (Å²) in [7, 11) is 0. The summed E-state index contributed by atoms with van der Waals surface area (Å²) in [5.74, 6) is 1.18. The Balaban J connectivity index is 1.83. The highest BCUT2D eigenvalue weighted by Crippen LogP contribution is 2.13. The lowest BCUT2D eigenvalue weighted by Gasteiger charge is -2.22. The van der Waals surface area contributed by atoms with Crippen molar-refractivity contribution in [3.8, 4) is 0 Å². The zero-order chi connectivity index (χ0) is 10.8. The number of nitrogens with zero attached hydrogens (tertiary/aromatic N) is 2. The molecule has 0 aliphatic carbocycles.